The van der Waals surface area contributed by atoms with Crippen molar-refractivity contribution in [3.63, 3.8) is 0 Å². The summed E-state index contributed by atoms with van der Waals surface area (Å²) in [5, 5.41) is 3.50. The molecule has 2 rings (SSSR count). The Bertz CT molecular complexity index is 402. The summed E-state index contributed by atoms with van der Waals surface area (Å²) in [5.41, 5.74) is 0. The van der Waals surface area contributed by atoms with Gasteiger partial charge in [-0.2, -0.15) is 0 Å². The molecule has 0 aromatic carbocycles. The van der Waals surface area contributed by atoms with Gasteiger partial charge in [0.1, 0.15) is 0 Å². The van der Waals surface area contributed by atoms with Gasteiger partial charge in [-0.15, -0.1) is 24.0 Å². The van der Waals surface area contributed by atoms with Gasteiger partial charge in [0.15, 0.2) is 5.96 Å². The fraction of sp³-hybridized carbons (Fsp3) is 0.950. The third kappa shape index (κ3) is 9.76. The largest absolute Gasteiger partial charge is 0.379 e. The Morgan fingerprint density at radius 3 is 2.48 bits per heavy atom. The van der Waals surface area contributed by atoms with E-state index in [9.17, 15) is 0 Å². The number of guanidine groups is 1. The highest BCUT2D eigenvalue weighted by molar-refractivity contribution is 14.0. The number of likely N-dealkylation sites (tertiary alicyclic amines) is 1. The lowest BCUT2D eigenvalue weighted by atomic mass is 10.1. The number of hydrogen-bond donors (Lipinski definition) is 1. The van der Waals surface area contributed by atoms with Gasteiger partial charge in [-0.3, -0.25) is 9.89 Å². The second-order valence-corrected chi connectivity index (χ2v) is 7.84. The van der Waals surface area contributed by atoms with Gasteiger partial charge in [-0.05, 0) is 46.8 Å². The lowest BCUT2D eigenvalue weighted by Crippen LogP contribution is -2.46. The molecular formula is C20H42IN5O. The predicted octanol–water partition coefficient (Wildman–Crippen LogP) is 2.49. The number of aliphatic imine (C=N–C) groups is 1. The number of rotatable bonds is 10. The second kappa shape index (κ2) is 14.8. The molecule has 1 unspecified atom stereocenters. The average molecular weight is 495 g/mol. The van der Waals surface area contributed by atoms with E-state index in [0.717, 1.165) is 58.4 Å². The Hall–Kier alpha value is -0.120. The normalized spacial score (nSPS) is 21.6. The van der Waals surface area contributed by atoms with Crippen molar-refractivity contribution in [3.05, 3.63) is 0 Å². The van der Waals surface area contributed by atoms with Crippen LogP contribution in [0.4, 0.5) is 0 Å². The lowest BCUT2D eigenvalue weighted by Gasteiger charge is -2.32. The summed E-state index contributed by atoms with van der Waals surface area (Å²) < 4.78 is 5.49. The highest BCUT2D eigenvalue weighted by Crippen LogP contribution is 2.17. The third-order valence-corrected chi connectivity index (χ3v) is 5.38. The molecule has 2 aliphatic rings. The zero-order valence-electron chi connectivity index (χ0n) is 17.8. The number of nitrogens with one attached hydrogen (secondary N) is 1. The van der Waals surface area contributed by atoms with E-state index in [2.05, 4.69) is 41.0 Å². The van der Waals surface area contributed by atoms with Gasteiger partial charge in [-0.1, -0.05) is 19.3 Å². The summed E-state index contributed by atoms with van der Waals surface area (Å²) in [5.74, 6) is 1.12. The summed E-state index contributed by atoms with van der Waals surface area (Å²) in [6.45, 7) is 11.4. The van der Waals surface area contributed by atoms with Crippen molar-refractivity contribution in [1.29, 1.82) is 0 Å². The Labute approximate surface area is 184 Å². The molecule has 0 aromatic rings. The molecule has 0 saturated carbocycles. The fourth-order valence-electron chi connectivity index (χ4n) is 3.86. The third-order valence-electron chi connectivity index (χ3n) is 5.38. The molecule has 0 aliphatic carbocycles. The number of hydrogen-bond acceptors (Lipinski definition) is 4. The smallest absolute Gasteiger partial charge is 0.193 e. The first kappa shape index (κ1) is 24.9. The minimum atomic E-state index is 0. The van der Waals surface area contributed by atoms with Crippen LogP contribution in [0.1, 0.15) is 45.4 Å². The van der Waals surface area contributed by atoms with Gasteiger partial charge in [0, 0.05) is 45.3 Å². The van der Waals surface area contributed by atoms with Crippen molar-refractivity contribution in [3.8, 4) is 0 Å². The highest BCUT2D eigenvalue weighted by atomic mass is 127. The molecular weight excluding hydrogens is 453 g/mol. The van der Waals surface area contributed by atoms with Crippen LogP contribution in [0.5, 0.6) is 0 Å². The van der Waals surface area contributed by atoms with Crippen molar-refractivity contribution in [2.45, 2.75) is 51.5 Å². The Morgan fingerprint density at radius 1 is 1.07 bits per heavy atom. The zero-order chi connectivity index (χ0) is 18.6. The number of unbranched alkanes of at least 4 members (excludes halogenated alkanes) is 4. The van der Waals surface area contributed by atoms with E-state index in [0.29, 0.717) is 6.04 Å². The molecule has 2 fully saturated rings. The minimum absolute atomic E-state index is 0. The van der Waals surface area contributed by atoms with Crippen LogP contribution in [0.3, 0.4) is 0 Å². The van der Waals surface area contributed by atoms with Crippen molar-refractivity contribution in [2.75, 3.05) is 73.1 Å². The van der Waals surface area contributed by atoms with Crippen LogP contribution in [0.2, 0.25) is 0 Å². The maximum Gasteiger partial charge on any atom is 0.193 e. The van der Waals surface area contributed by atoms with Crippen molar-refractivity contribution in [2.24, 2.45) is 4.99 Å². The molecule has 1 atom stereocenters. The van der Waals surface area contributed by atoms with Crippen LogP contribution < -0.4 is 5.32 Å². The summed E-state index contributed by atoms with van der Waals surface area (Å²) >= 11 is 0. The number of morpholine rings is 1. The maximum absolute atomic E-state index is 5.49. The van der Waals surface area contributed by atoms with E-state index in [1.165, 1.54) is 45.1 Å². The van der Waals surface area contributed by atoms with Crippen LogP contribution >= 0.6 is 24.0 Å². The van der Waals surface area contributed by atoms with Crippen molar-refractivity contribution >= 4 is 29.9 Å². The highest BCUT2D eigenvalue weighted by Gasteiger charge is 2.30. The van der Waals surface area contributed by atoms with Gasteiger partial charge >= 0.3 is 0 Å². The molecule has 1 N–H and O–H groups in total. The van der Waals surface area contributed by atoms with E-state index >= 15 is 0 Å². The molecule has 0 radical (unpaired) electrons. The summed E-state index contributed by atoms with van der Waals surface area (Å²) in [6, 6.07) is 0.666. The molecule has 0 aromatic heterocycles. The van der Waals surface area contributed by atoms with Gasteiger partial charge in [0.2, 0.25) is 0 Å². The van der Waals surface area contributed by atoms with Gasteiger partial charge < -0.3 is 19.9 Å². The molecule has 0 spiro atoms. The quantitative estimate of drug-likeness (QED) is 0.218. The van der Waals surface area contributed by atoms with E-state index in [-0.39, 0.29) is 24.0 Å². The first-order chi connectivity index (χ1) is 12.7. The molecule has 7 heteroatoms. The van der Waals surface area contributed by atoms with Crippen LogP contribution in [-0.2, 0) is 4.74 Å². The maximum atomic E-state index is 5.49. The average Bonchev–Trinajstić information content (AvgIpc) is 3.13. The van der Waals surface area contributed by atoms with E-state index in [1.807, 2.05) is 0 Å². The van der Waals surface area contributed by atoms with Crippen LogP contribution in [0, 0.1) is 0 Å². The molecule has 160 valence electrons. The molecule has 27 heavy (non-hydrogen) atoms. The summed E-state index contributed by atoms with van der Waals surface area (Å²) in [7, 11) is 4.30. The van der Waals surface area contributed by atoms with Gasteiger partial charge in [-0.25, -0.2) is 0 Å². The van der Waals surface area contributed by atoms with E-state index < -0.39 is 0 Å². The standard InChI is InChI=1S/C20H41N5O.HI/c1-4-21-20(22-11-8-6-5-7-9-12-23(2)3)25-13-10-19(18-25)24-14-16-26-17-15-24;/h19H,4-18H2,1-3H3,(H,21,22);1H. The Morgan fingerprint density at radius 2 is 1.78 bits per heavy atom. The number of ether oxygens (including phenoxy) is 1. The number of halogens is 1. The van der Waals surface area contributed by atoms with Crippen LogP contribution in [0.15, 0.2) is 4.99 Å². The van der Waals surface area contributed by atoms with Crippen LogP contribution in [-0.4, -0.2) is 99.8 Å². The molecule has 2 aliphatic heterocycles. The molecule has 2 heterocycles. The fourth-order valence-corrected chi connectivity index (χ4v) is 3.86. The number of nitrogens with zero attached hydrogens (tertiary/aromatic N) is 4. The monoisotopic (exact) mass is 495 g/mol. The first-order valence-electron chi connectivity index (χ1n) is 10.7. The minimum Gasteiger partial charge on any atom is -0.379 e. The first-order valence-corrected chi connectivity index (χ1v) is 10.7. The van der Waals surface area contributed by atoms with Crippen molar-refractivity contribution in [1.82, 2.24) is 20.0 Å². The topological polar surface area (TPSA) is 43.3 Å². The SMILES string of the molecule is CCNC(=NCCCCCCCN(C)C)N1CCC(N2CCOCC2)C1.I. The Balaban J connectivity index is 0.00000364. The molecule has 2 saturated heterocycles. The van der Waals surface area contributed by atoms with Crippen molar-refractivity contribution < 1.29 is 4.74 Å². The van der Waals surface area contributed by atoms with Crippen LogP contribution in [0.25, 0.3) is 0 Å². The summed E-state index contributed by atoms with van der Waals surface area (Å²) in [4.78, 5) is 12.2. The zero-order valence-corrected chi connectivity index (χ0v) is 20.1. The van der Waals surface area contributed by atoms with E-state index in [4.69, 9.17) is 9.73 Å². The molecule has 6 nitrogen and oxygen atoms in total. The van der Waals surface area contributed by atoms with Gasteiger partial charge in [0.25, 0.3) is 0 Å². The summed E-state index contributed by atoms with van der Waals surface area (Å²) in [6.07, 6.45) is 7.74. The Kier molecular flexibility index (Phi) is 13.7. The predicted molar refractivity (Wildman–Crippen MR) is 125 cm³/mol. The molecule has 0 bridgehead atoms. The second-order valence-electron chi connectivity index (χ2n) is 7.84. The van der Waals surface area contributed by atoms with Gasteiger partial charge in [0.05, 0.1) is 13.2 Å². The van der Waals surface area contributed by atoms with E-state index in [1.54, 1.807) is 0 Å². The lowest BCUT2D eigenvalue weighted by molar-refractivity contribution is 0.0195. The molecule has 0 amide bonds.